The van der Waals surface area contributed by atoms with Crippen LogP contribution in [0.5, 0.6) is 0 Å². The topological polar surface area (TPSA) is 9.23 Å². The molecule has 1 aromatic carbocycles. The van der Waals surface area contributed by atoms with Crippen LogP contribution in [0.1, 0.15) is 0 Å². The van der Waals surface area contributed by atoms with Crippen molar-refractivity contribution in [1.82, 2.24) is 0 Å². The zero-order valence-electron chi connectivity index (χ0n) is 7.66. The first-order valence-electron chi connectivity index (χ1n) is 3.91. The van der Waals surface area contributed by atoms with Crippen LogP contribution >= 0.6 is 12.6 Å². The third kappa shape index (κ3) is 2.12. The summed E-state index contributed by atoms with van der Waals surface area (Å²) in [6.07, 6.45) is 0. The molecule has 0 spiro atoms. The first-order chi connectivity index (χ1) is 5.56. The van der Waals surface area contributed by atoms with Crippen LogP contribution in [0.25, 0.3) is 0 Å². The minimum atomic E-state index is -1.61. The molecule has 0 aliphatic carbocycles. The molecule has 1 aromatic rings. The summed E-state index contributed by atoms with van der Waals surface area (Å²) < 4.78 is 5.48. The molecule has 0 amide bonds. The lowest BCUT2D eigenvalue weighted by Crippen LogP contribution is -2.43. The van der Waals surface area contributed by atoms with Crippen molar-refractivity contribution in [2.45, 2.75) is 18.0 Å². The van der Waals surface area contributed by atoms with Gasteiger partial charge in [0.05, 0.1) is 0 Å². The van der Waals surface area contributed by atoms with Gasteiger partial charge in [-0.2, -0.15) is 0 Å². The van der Waals surface area contributed by atoms with E-state index in [4.69, 9.17) is 4.43 Å². The highest BCUT2D eigenvalue weighted by Gasteiger charge is 2.22. The van der Waals surface area contributed by atoms with Gasteiger partial charge in [0.1, 0.15) is 0 Å². The average molecular weight is 198 g/mol. The summed E-state index contributed by atoms with van der Waals surface area (Å²) in [5.41, 5.74) is 0. The van der Waals surface area contributed by atoms with E-state index in [1.807, 2.05) is 12.1 Å². The fourth-order valence-corrected chi connectivity index (χ4v) is 2.33. The molecule has 0 radical (unpaired) electrons. The van der Waals surface area contributed by atoms with E-state index < -0.39 is 8.32 Å². The Morgan fingerprint density at radius 3 is 2.08 bits per heavy atom. The largest absolute Gasteiger partial charge is 0.416 e. The second kappa shape index (κ2) is 3.64. The number of thiol groups is 1. The molecular formula is C9H14OSSi. The Labute approximate surface area is 80.3 Å². The van der Waals surface area contributed by atoms with Crippen molar-refractivity contribution in [1.29, 1.82) is 0 Å². The van der Waals surface area contributed by atoms with E-state index in [1.165, 1.54) is 5.19 Å². The summed E-state index contributed by atoms with van der Waals surface area (Å²) in [4.78, 5) is 1.000. The van der Waals surface area contributed by atoms with Crippen molar-refractivity contribution < 1.29 is 4.43 Å². The molecule has 0 saturated heterocycles. The molecule has 1 rings (SSSR count). The summed E-state index contributed by atoms with van der Waals surface area (Å²) in [6.45, 7) is 4.36. The summed E-state index contributed by atoms with van der Waals surface area (Å²) in [5.74, 6) is 0. The number of rotatable bonds is 2. The molecule has 1 nitrogen and oxygen atoms in total. The van der Waals surface area contributed by atoms with E-state index in [2.05, 4.69) is 37.9 Å². The molecule has 0 heterocycles. The zero-order valence-corrected chi connectivity index (χ0v) is 9.56. The normalized spacial score (nSPS) is 11.7. The SMILES string of the molecule is CO[Si](C)(C)c1ccc(S)cc1. The lowest BCUT2D eigenvalue weighted by molar-refractivity contribution is 0.416. The molecule has 0 fully saturated rings. The van der Waals surface area contributed by atoms with Crippen LogP contribution < -0.4 is 5.19 Å². The minimum absolute atomic E-state index is 1.000. The summed E-state index contributed by atoms with van der Waals surface area (Å²) in [7, 11) is 0.168. The fraction of sp³-hybridized carbons (Fsp3) is 0.333. The third-order valence-electron chi connectivity index (χ3n) is 2.07. The Kier molecular flexibility index (Phi) is 2.98. The van der Waals surface area contributed by atoms with E-state index >= 15 is 0 Å². The predicted octanol–water partition coefficient (Wildman–Crippen LogP) is 2.03. The van der Waals surface area contributed by atoms with Gasteiger partial charge in [-0.15, -0.1) is 12.6 Å². The van der Waals surface area contributed by atoms with E-state index in [-0.39, 0.29) is 0 Å². The van der Waals surface area contributed by atoms with Crippen molar-refractivity contribution in [2.24, 2.45) is 0 Å². The van der Waals surface area contributed by atoms with E-state index in [0.717, 1.165) is 4.90 Å². The van der Waals surface area contributed by atoms with Gasteiger partial charge >= 0.3 is 0 Å². The molecule has 0 bridgehead atoms. The Balaban J connectivity index is 2.96. The summed E-state index contributed by atoms with van der Waals surface area (Å²) >= 11 is 4.23. The molecular weight excluding hydrogens is 184 g/mol. The molecule has 0 atom stereocenters. The van der Waals surface area contributed by atoms with Crippen molar-refractivity contribution in [2.75, 3.05) is 7.11 Å². The lowest BCUT2D eigenvalue weighted by atomic mass is 10.4. The lowest BCUT2D eigenvalue weighted by Gasteiger charge is -2.20. The van der Waals surface area contributed by atoms with Crippen LogP contribution in [0.3, 0.4) is 0 Å². The van der Waals surface area contributed by atoms with Crippen LogP contribution in [0.4, 0.5) is 0 Å². The average Bonchev–Trinajstić information content (AvgIpc) is 2.05. The molecule has 0 aliphatic rings. The van der Waals surface area contributed by atoms with E-state index in [9.17, 15) is 0 Å². The molecule has 12 heavy (non-hydrogen) atoms. The second-order valence-electron chi connectivity index (χ2n) is 3.26. The standard InChI is InChI=1S/C9H14OSSi/c1-10-12(2,3)9-6-4-8(11)5-7-9/h4-7,11H,1-3H3. The van der Waals surface area contributed by atoms with Crippen LogP contribution in [0.2, 0.25) is 13.1 Å². The third-order valence-corrected chi connectivity index (χ3v) is 5.12. The van der Waals surface area contributed by atoms with Crippen molar-refractivity contribution in [3.05, 3.63) is 24.3 Å². The highest BCUT2D eigenvalue weighted by molar-refractivity contribution is 7.80. The highest BCUT2D eigenvalue weighted by atomic mass is 32.1. The van der Waals surface area contributed by atoms with Crippen molar-refractivity contribution >= 4 is 26.1 Å². The van der Waals surface area contributed by atoms with Crippen molar-refractivity contribution in [3.8, 4) is 0 Å². The number of benzene rings is 1. The van der Waals surface area contributed by atoms with Crippen molar-refractivity contribution in [3.63, 3.8) is 0 Å². The van der Waals surface area contributed by atoms with Gasteiger partial charge in [0.15, 0.2) is 0 Å². The van der Waals surface area contributed by atoms with Gasteiger partial charge in [0.2, 0.25) is 8.32 Å². The van der Waals surface area contributed by atoms with Gasteiger partial charge in [-0.1, -0.05) is 12.1 Å². The molecule has 0 aliphatic heterocycles. The quantitative estimate of drug-likeness (QED) is 0.565. The van der Waals surface area contributed by atoms with Gasteiger partial charge in [0, 0.05) is 12.0 Å². The van der Waals surface area contributed by atoms with Crippen LogP contribution in [0, 0.1) is 0 Å². The van der Waals surface area contributed by atoms with Gasteiger partial charge in [-0.3, -0.25) is 0 Å². The van der Waals surface area contributed by atoms with Crippen LogP contribution in [-0.4, -0.2) is 15.4 Å². The molecule has 0 unspecified atom stereocenters. The van der Waals surface area contributed by atoms with Crippen LogP contribution in [-0.2, 0) is 4.43 Å². The summed E-state index contributed by atoms with van der Waals surface area (Å²) in [5, 5.41) is 1.31. The Morgan fingerprint density at radius 1 is 1.17 bits per heavy atom. The van der Waals surface area contributed by atoms with Gasteiger partial charge < -0.3 is 4.43 Å². The molecule has 3 heteroatoms. The monoisotopic (exact) mass is 198 g/mol. The first-order valence-corrected chi connectivity index (χ1v) is 7.26. The first kappa shape index (κ1) is 9.83. The second-order valence-corrected chi connectivity index (χ2v) is 7.78. The Bertz CT molecular complexity index is 256. The fourth-order valence-electron chi connectivity index (χ4n) is 0.981. The smallest absolute Gasteiger partial charge is 0.217 e. The maximum atomic E-state index is 5.48. The predicted molar refractivity (Wildman–Crippen MR) is 57.8 cm³/mol. The maximum absolute atomic E-state index is 5.48. The number of hydrogen-bond donors (Lipinski definition) is 1. The maximum Gasteiger partial charge on any atom is 0.217 e. The van der Waals surface area contributed by atoms with E-state index in [0.29, 0.717) is 0 Å². The minimum Gasteiger partial charge on any atom is -0.416 e. The molecule has 66 valence electrons. The Morgan fingerprint density at radius 2 is 1.67 bits per heavy atom. The van der Waals surface area contributed by atoms with Crippen LogP contribution in [0.15, 0.2) is 29.2 Å². The van der Waals surface area contributed by atoms with Gasteiger partial charge in [-0.05, 0) is 30.4 Å². The molecule has 0 aromatic heterocycles. The van der Waals surface area contributed by atoms with E-state index in [1.54, 1.807) is 7.11 Å². The molecule has 0 N–H and O–H groups in total. The van der Waals surface area contributed by atoms with Gasteiger partial charge in [0.25, 0.3) is 0 Å². The zero-order chi connectivity index (χ0) is 9.19. The summed E-state index contributed by atoms with van der Waals surface area (Å²) in [6, 6.07) is 8.20. The molecule has 0 saturated carbocycles. The van der Waals surface area contributed by atoms with Gasteiger partial charge in [-0.25, -0.2) is 0 Å². The number of hydrogen-bond acceptors (Lipinski definition) is 2. The highest BCUT2D eigenvalue weighted by Crippen LogP contribution is 2.07. The Hall–Kier alpha value is -0.253.